The highest BCUT2D eigenvalue weighted by molar-refractivity contribution is 7.90. The number of rotatable bonds is 10. The van der Waals surface area contributed by atoms with Gasteiger partial charge in [-0.05, 0) is 60.8 Å². The quantitative estimate of drug-likeness (QED) is 0.386. The molecule has 0 amide bonds. The number of carbonyl (C=O) groups excluding carboxylic acids is 2. The van der Waals surface area contributed by atoms with Gasteiger partial charge in [0.1, 0.15) is 0 Å². The van der Waals surface area contributed by atoms with Crippen LogP contribution in [0.5, 0.6) is 0 Å². The maximum atomic E-state index is 12.3. The summed E-state index contributed by atoms with van der Waals surface area (Å²) in [5.41, 5.74) is 4.24. The topological polar surface area (TPSA) is 52.6 Å². The molecule has 2 atom stereocenters. The minimum atomic E-state index is -0.444. The zero-order valence-electron chi connectivity index (χ0n) is 19.4. The molecular formula is C26H34O4S. The van der Waals surface area contributed by atoms with E-state index in [1.807, 2.05) is 48.5 Å². The van der Waals surface area contributed by atoms with Crippen LogP contribution in [0.1, 0.15) is 75.6 Å². The second-order valence-corrected chi connectivity index (χ2v) is 9.46. The number of carbonyl (C=O) groups is 2. The first-order valence-corrected chi connectivity index (χ1v) is 11.6. The van der Waals surface area contributed by atoms with Crippen LogP contribution in [0.15, 0.2) is 48.5 Å². The average Bonchev–Trinajstić information content (AvgIpc) is 2.72. The summed E-state index contributed by atoms with van der Waals surface area (Å²) in [7, 11) is 0. The first kappa shape index (κ1) is 25.0. The van der Waals surface area contributed by atoms with Gasteiger partial charge < -0.3 is 8.37 Å². The smallest absolute Gasteiger partial charge is 0.328 e. The van der Waals surface area contributed by atoms with Gasteiger partial charge in [0.25, 0.3) is 12.3 Å². The van der Waals surface area contributed by atoms with Gasteiger partial charge in [-0.3, -0.25) is 9.59 Å². The first-order chi connectivity index (χ1) is 14.7. The van der Waals surface area contributed by atoms with Crippen LogP contribution in [-0.2, 0) is 30.8 Å². The lowest BCUT2D eigenvalue weighted by atomic mass is 9.97. The van der Waals surface area contributed by atoms with E-state index < -0.39 is 23.8 Å². The largest absolute Gasteiger partial charge is 0.354 e. The highest BCUT2D eigenvalue weighted by Crippen LogP contribution is 2.24. The van der Waals surface area contributed by atoms with Crippen molar-refractivity contribution in [1.82, 2.24) is 0 Å². The molecule has 31 heavy (non-hydrogen) atoms. The van der Waals surface area contributed by atoms with Crippen molar-refractivity contribution in [2.24, 2.45) is 11.8 Å². The fourth-order valence-corrected chi connectivity index (χ4v) is 3.78. The molecule has 0 bridgehead atoms. The van der Waals surface area contributed by atoms with Gasteiger partial charge in [0.15, 0.2) is 0 Å². The Hall–Kier alpha value is -2.27. The Kier molecular flexibility index (Phi) is 9.63. The molecule has 2 aromatic rings. The van der Waals surface area contributed by atoms with E-state index in [1.54, 1.807) is 13.8 Å². The van der Waals surface area contributed by atoms with E-state index in [0.29, 0.717) is 24.2 Å². The molecule has 0 fully saturated rings. The van der Waals surface area contributed by atoms with Gasteiger partial charge >= 0.3 is 11.9 Å². The van der Waals surface area contributed by atoms with Crippen molar-refractivity contribution in [2.75, 3.05) is 0 Å². The van der Waals surface area contributed by atoms with Crippen LogP contribution < -0.4 is 0 Å². The lowest BCUT2D eigenvalue weighted by Crippen LogP contribution is -2.13. The molecule has 0 heterocycles. The minimum absolute atomic E-state index is 0.440. The molecule has 0 aliphatic carbocycles. The summed E-state index contributed by atoms with van der Waals surface area (Å²) in [5, 5.41) is 0. The molecule has 0 aromatic heterocycles. The van der Waals surface area contributed by atoms with E-state index in [0.717, 1.165) is 24.0 Å². The van der Waals surface area contributed by atoms with Crippen molar-refractivity contribution in [3.8, 4) is 0 Å². The van der Waals surface area contributed by atoms with Crippen LogP contribution in [0, 0.1) is 11.8 Å². The molecule has 4 nitrogen and oxygen atoms in total. The van der Waals surface area contributed by atoms with Crippen molar-refractivity contribution in [3.63, 3.8) is 0 Å². The molecule has 0 aliphatic rings. The molecule has 168 valence electrons. The monoisotopic (exact) mass is 442 g/mol. The van der Waals surface area contributed by atoms with Gasteiger partial charge in [0.05, 0.1) is 11.8 Å². The molecule has 0 spiro atoms. The lowest BCUT2D eigenvalue weighted by molar-refractivity contribution is -0.137. The van der Waals surface area contributed by atoms with Gasteiger partial charge in [0.2, 0.25) is 0 Å². The summed E-state index contributed by atoms with van der Waals surface area (Å²) >= 11 is 0.440. The maximum Gasteiger partial charge on any atom is 0.328 e. The van der Waals surface area contributed by atoms with E-state index in [1.165, 1.54) is 11.1 Å². The fraction of sp³-hybridized carbons (Fsp3) is 0.462. The molecule has 2 unspecified atom stereocenters. The molecule has 0 saturated heterocycles. The predicted octanol–water partition coefficient (Wildman–Crippen LogP) is 6.64. The zero-order chi connectivity index (χ0) is 23.0. The molecule has 2 rings (SSSR count). The highest BCUT2D eigenvalue weighted by atomic mass is 32.2. The third-order valence-corrected chi connectivity index (χ3v) is 5.65. The van der Waals surface area contributed by atoms with Crippen LogP contribution in [0.2, 0.25) is 0 Å². The number of benzene rings is 2. The Morgan fingerprint density at radius 3 is 1.26 bits per heavy atom. The Bertz CT molecular complexity index is 769. The molecule has 0 radical (unpaired) electrons. The van der Waals surface area contributed by atoms with Crippen LogP contribution in [0.4, 0.5) is 0 Å². The third-order valence-electron chi connectivity index (χ3n) is 5.19. The van der Waals surface area contributed by atoms with Gasteiger partial charge in [-0.15, -0.1) is 0 Å². The van der Waals surface area contributed by atoms with Crippen LogP contribution in [0.25, 0.3) is 0 Å². The van der Waals surface area contributed by atoms with E-state index in [2.05, 4.69) is 27.7 Å². The highest BCUT2D eigenvalue weighted by Gasteiger charge is 2.21. The Morgan fingerprint density at radius 2 is 0.968 bits per heavy atom. The van der Waals surface area contributed by atoms with Crippen molar-refractivity contribution < 1.29 is 18.0 Å². The average molecular weight is 443 g/mol. The Morgan fingerprint density at radius 1 is 0.645 bits per heavy atom. The maximum absolute atomic E-state index is 12.3. The SMILES string of the molecule is CC(C)Cc1ccc(C(C)C(=O)OSOC(=O)C(C)c2ccc(CC(C)C)cc2)cc1. The molecular weight excluding hydrogens is 408 g/mol. The van der Waals surface area contributed by atoms with E-state index in [4.69, 9.17) is 8.37 Å². The van der Waals surface area contributed by atoms with Gasteiger partial charge in [0, 0.05) is 0 Å². The van der Waals surface area contributed by atoms with Gasteiger partial charge in [-0.1, -0.05) is 76.2 Å². The zero-order valence-corrected chi connectivity index (χ0v) is 20.2. The summed E-state index contributed by atoms with van der Waals surface area (Å²) < 4.78 is 10.2. The standard InChI is InChI=1S/C26H34O4S/c1-17(2)15-21-7-11-23(12-8-21)19(5)25(27)29-31-30-26(28)20(6)24-13-9-22(10-14-24)16-18(3)4/h7-14,17-20H,15-16H2,1-6H3. The van der Waals surface area contributed by atoms with Crippen molar-refractivity contribution in [3.05, 3.63) is 70.8 Å². The van der Waals surface area contributed by atoms with Crippen molar-refractivity contribution in [1.29, 1.82) is 0 Å². The normalized spacial score (nSPS) is 13.2. The van der Waals surface area contributed by atoms with Crippen molar-refractivity contribution >= 4 is 24.3 Å². The van der Waals surface area contributed by atoms with Crippen LogP contribution in [-0.4, -0.2) is 11.9 Å². The number of hydrogen-bond donors (Lipinski definition) is 0. The molecule has 0 aliphatic heterocycles. The van der Waals surface area contributed by atoms with Gasteiger partial charge in [-0.25, -0.2) is 0 Å². The molecule has 5 heteroatoms. The van der Waals surface area contributed by atoms with Gasteiger partial charge in [-0.2, -0.15) is 0 Å². The van der Waals surface area contributed by atoms with E-state index in [9.17, 15) is 9.59 Å². The van der Waals surface area contributed by atoms with Crippen molar-refractivity contribution in [2.45, 2.75) is 66.2 Å². The molecule has 0 saturated carbocycles. The molecule has 2 aromatic carbocycles. The summed E-state index contributed by atoms with van der Waals surface area (Å²) in [6, 6.07) is 16.0. The summed E-state index contributed by atoms with van der Waals surface area (Å²) in [4.78, 5) is 24.6. The number of hydrogen-bond acceptors (Lipinski definition) is 5. The second-order valence-electron chi connectivity index (χ2n) is 9.00. The third kappa shape index (κ3) is 8.06. The summed E-state index contributed by atoms with van der Waals surface area (Å²) in [5.74, 6) is -0.602. The Labute approximate surface area is 191 Å². The van der Waals surface area contributed by atoms with Crippen LogP contribution in [0.3, 0.4) is 0 Å². The van der Waals surface area contributed by atoms with E-state index in [-0.39, 0.29) is 0 Å². The molecule has 0 N–H and O–H groups in total. The summed E-state index contributed by atoms with van der Waals surface area (Å²) in [6.45, 7) is 12.3. The second kappa shape index (κ2) is 11.9. The first-order valence-electron chi connectivity index (χ1n) is 10.9. The Balaban J connectivity index is 1.81. The lowest BCUT2D eigenvalue weighted by Gasteiger charge is -2.13. The predicted molar refractivity (Wildman–Crippen MR) is 127 cm³/mol. The fourth-order valence-electron chi connectivity index (χ4n) is 3.33. The van der Waals surface area contributed by atoms with E-state index >= 15 is 0 Å². The minimum Gasteiger partial charge on any atom is -0.354 e. The summed E-state index contributed by atoms with van der Waals surface area (Å²) in [6.07, 6.45) is 2.01. The van der Waals surface area contributed by atoms with Crippen LogP contribution >= 0.6 is 12.3 Å².